The lowest BCUT2D eigenvalue weighted by Gasteiger charge is -2.21. The Balaban J connectivity index is 1.57. The number of nitrogens with one attached hydrogen (secondary N) is 1. The molecule has 29 heavy (non-hydrogen) atoms. The molecule has 2 amide bonds. The van der Waals surface area contributed by atoms with Gasteiger partial charge >= 0.3 is 5.91 Å². The van der Waals surface area contributed by atoms with Crippen LogP contribution in [0.25, 0.3) is 6.08 Å². The second kappa shape index (κ2) is 8.41. The first kappa shape index (κ1) is 19.7. The van der Waals surface area contributed by atoms with Crippen LogP contribution in [0.2, 0.25) is 0 Å². The molecule has 3 aliphatic rings. The van der Waals surface area contributed by atoms with E-state index in [1.165, 1.54) is 24.6 Å². The molecule has 4 rings (SSSR count). The third-order valence-electron chi connectivity index (χ3n) is 5.55. The van der Waals surface area contributed by atoms with E-state index in [1.807, 2.05) is 48.6 Å². The highest BCUT2D eigenvalue weighted by Crippen LogP contribution is 2.34. The highest BCUT2D eigenvalue weighted by Gasteiger charge is 2.38. The van der Waals surface area contributed by atoms with Gasteiger partial charge in [-0.25, -0.2) is 4.79 Å². The zero-order valence-electron chi connectivity index (χ0n) is 16.7. The molecule has 5 nitrogen and oxygen atoms in total. The van der Waals surface area contributed by atoms with Gasteiger partial charge in [-0.3, -0.25) is 4.79 Å². The molecule has 1 aromatic rings. The highest BCUT2D eigenvalue weighted by molar-refractivity contribution is 8.05. The average Bonchev–Trinajstić information content (AvgIpc) is 3.24. The lowest BCUT2D eigenvalue weighted by Crippen LogP contribution is -2.38. The van der Waals surface area contributed by atoms with Crippen LogP contribution in [0.5, 0.6) is 5.75 Å². The first-order chi connectivity index (χ1) is 14.0. The summed E-state index contributed by atoms with van der Waals surface area (Å²) in [6.07, 6.45) is 12.1. The summed E-state index contributed by atoms with van der Waals surface area (Å²) in [5.41, 5.74) is 2.38. The van der Waals surface area contributed by atoms with Gasteiger partial charge in [-0.1, -0.05) is 48.9 Å². The van der Waals surface area contributed by atoms with Crippen molar-refractivity contribution in [3.8, 4) is 5.75 Å². The number of amides is 2. The highest BCUT2D eigenvalue weighted by atomic mass is 32.2. The standard InChI is InChI=1S/C23H24N2O3S/c1-25-19-14-16(22(26)24-17-7-3-4-8-17)10-11-20(19)29-21(23(25)27)13-15-6-5-9-18(12-15)28-2/h5-6,9-14,17,20H,3-4,7-8H2,1-2H3/p+1/b21-13-. The number of rotatable bonds is 4. The van der Waals surface area contributed by atoms with Gasteiger partial charge in [0.1, 0.15) is 23.0 Å². The number of hydrogen-bond acceptors (Lipinski definition) is 4. The number of allylic oxidation sites excluding steroid dienone is 1. The first-order valence-electron chi connectivity index (χ1n) is 9.93. The molecule has 1 unspecified atom stereocenters. The van der Waals surface area contributed by atoms with Crippen molar-refractivity contribution in [1.82, 2.24) is 5.32 Å². The summed E-state index contributed by atoms with van der Waals surface area (Å²) in [6.45, 7) is 0. The minimum Gasteiger partial charge on any atom is -0.497 e. The topological polar surface area (TPSA) is 58.4 Å². The van der Waals surface area contributed by atoms with E-state index >= 15 is 0 Å². The summed E-state index contributed by atoms with van der Waals surface area (Å²) in [6, 6.07) is 7.91. The van der Waals surface area contributed by atoms with Gasteiger partial charge in [0.25, 0.3) is 5.91 Å². The maximum atomic E-state index is 12.9. The van der Waals surface area contributed by atoms with E-state index in [4.69, 9.17) is 4.74 Å². The maximum absolute atomic E-state index is 12.9. The molecule has 0 radical (unpaired) electrons. The number of likely N-dealkylation sites (N-methyl/N-ethyl adjacent to an activating group) is 1. The Kier molecular flexibility index (Phi) is 5.72. The van der Waals surface area contributed by atoms with Crippen molar-refractivity contribution in [1.29, 1.82) is 0 Å². The lowest BCUT2D eigenvalue weighted by atomic mass is 10.0. The molecule has 1 aliphatic heterocycles. The second-order valence-electron chi connectivity index (χ2n) is 7.53. The number of methoxy groups -OCH3 is 1. The number of ether oxygens (including phenoxy) is 1. The summed E-state index contributed by atoms with van der Waals surface area (Å²) in [5, 5.41) is 3.13. The van der Waals surface area contributed by atoms with Gasteiger partial charge in [0.2, 0.25) is 5.71 Å². The van der Waals surface area contributed by atoms with Crippen molar-refractivity contribution >= 4 is 35.4 Å². The molecule has 1 N–H and O–H groups in total. The Labute approximate surface area is 175 Å². The van der Waals surface area contributed by atoms with Crippen molar-refractivity contribution < 1.29 is 18.9 Å². The molecular formula is C23H25N2O3S+. The van der Waals surface area contributed by atoms with Crippen LogP contribution in [-0.2, 0) is 9.59 Å². The van der Waals surface area contributed by atoms with Gasteiger partial charge in [-0.15, -0.1) is 0 Å². The van der Waals surface area contributed by atoms with Crippen LogP contribution < -0.4 is 10.1 Å². The monoisotopic (exact) mass is 409 g/mol. The molecule has 1 aromatic carbocycles. The summed E-state index contributed by atoms with van der Waals surface area (Å²) < 4.78 is 6.92. The van der Waals surface area contributed by atoms with Crippen molar-refractivity contribution in [3.05, 3.63) is 58.5 Å². The van der Waals surface area contributed by atoms with Crippen molar-refractivity contribution in [3.63, 3.8) is 0 Å². The van der Waals surface area contributed by atoms with Gasteiger partial charge in [-0.2, -0.15) is 4.58 Å². The largest absolute Gasteiger partial charge is 0.497 e. The Morgan fingerprint density at radius 3 is 2.86 bits per heavy atom. The predicted octanol–water partition coefficient (Wildman–Crippen LogP) is 3.32. The fourth-order valence-electron chi connectivity index (χ4n) is 3.89. The van der Waals surface area contributed by atoms with E-state index in [0.29, 0.717) is 10.5 Å². The second-order valence-corrected chi connectivity index (χ2v) is 8.71. The number of benzene rings is 1. The molecule has 1 fully saturated rings. The van der Waals surface area contributed by atoms with E-state index in [0.717, 1.165) is 29.9 Å². The fourth-order valence-corrected chi connectivity index (χ4v) is 5.11. The third kappa shape index (κ3) is 4.22. The molecule has 0 spiro atoms. The van der Waals surface area contributed by atoms with Gasteiger partial charge in [0, 0.05) is 17.7 Å². The Morgan fingerprint density at radius 2 is 2.10 bits per heavy atom. The zero-order chi connectivity index (χ0) is 20.4. The van der Waals surface area contributed by atoms with Crippen LogP contribution in [-0.4, -0.2) is 47.6 Å². The van der Waals surface area contributed by atoms with Crippen molar-refractivity contribution in [2.24, 2.45) is 0 Å². The SMILES string of the molecule is COc1cccc(/C=C2\SC3C=CC(C(=O)NC4CCCC4)=CC3=[N+](C)C2=O)c1. The molecule has 1 saturated carbocycles. The summed E-state index contributed by atoms with van der Waals surface area (Å²) in [7, 11) is 3.40. The number of carbonyl (C=O) groups is 2. The van der Waals surface area contributed by atoms with Gasteiger partial charge in [0.15, 0.2) is 0 Å². The number of nitrogens with zero attached hydrogens (tertiary/aromatic N) is 1. The van der Waals surface area contributed by atoms with Crippen molar-refractivity contribution in [2.45, 2.75) is 37.0 Å². The van der Waals surface area contributed by atoms with E-state index in [-0.39, 0.29) is 23.1 Å². The molecule has 0 aromatic heterocycles. The summed E-state index contributed by atoms with van der Waals surface area (Å²) >= 11 is 1.51. The quantitative estimate of drug-likeness (QED) is 0.612. The Hall–Kier alpha value is -2.60. The number of fused-ring (bicyclic) bond motifs is 1. The molecule has 0 bridgehead atoms. The van der Waals surface area contributed by atoms with Crippen LogP contribution >= 0.6 is 11.8 Å². The molecule has 0 saturated heterocycles. The minimum absolute atomic E-state index is 0.0117. The zero-order valence-corrected chi connectivity index (χ0v) is 17.5. The molecular weight excluding hydrogens is 384 g/mol. The van der Waals surface area contributed by atoms with E-state index < -0.39 is 0 Å². The van der Waals surface area contributed by atoms with Crippen LogP contribution in [0.4, 0.5) is 0 Å². The smallest absolute Gasteiger partial charge is 0.425 e. The third-order valence-corrected chi connectivity index (χ3v) is 6.75. The number of thioether (sulfide) groups is 1. The lowest BCUT2D eigenvalue weighted by molar-refractivity contribution is -0.413. The number of hydrogen-bond donors (Lipinski definition) is 1. The molecule has 1 atom stereocenters. The van der Waals surface area contributed by atoms with Crippen molar-refractivity contribution in [2.75, 3.05) is 14.2 Å². The number of carbonyl (C=O) groups excluding carboxylic acids is 2. The average molecular weight is 410 g/mol. The summed E-state index contributed by atoms with van der Waals surface area (Å²) in [5.74, 6) is 0.639. The Morgan fingerprint density at radius 1 is 1.31 bits per heavy atom. The maximum Gasteiger partial charge on any atom is 0.425 e. The predicted molar refractivity (Wildman–Crippen MR) is 116 cm³/mol. The molecule has 6 heteroatoms. The van der Waals surface area contributed by atoms with Gasteiger partial charge < -0.3 is 10.1 Å². The van der Waals surface area contributed by atoms with Crippen LogP contribution in [0.1, 0.15) is 31.2 Å². The van der Waals surface area contributed by atoms with Crippen LogP contribution in [0, 0.1) is 0 Å². The van der Waals surface area contributed by atoms with Gasteiger partial charge in [-0.05, 0) is 36.6 Å². The van der Waals surface area contributed by atoms with E-state index in [9.17, 15) is 9.59 Å². The molecule has 1 heterocycles. The Bertz CT molecular complexity index is 968. The molecule has 2 aliphatic carbocycles. The van der Waals surface area contributed by atoms with Crippen LogP contribution in [0.15, 0.2) is 53.0 Å². The van der Waals surface area contributed by atoms with Crippen LogP contribution in [0.3, 0.4) is 0 Å². The fraction of sp³-hybridized carbons (Fsp3) is 0.348. The first-order valence-corrected chi connectivity index (χ1v) is 10.8. The normalized spacial score (nSPS) is 23.2. The molecule has 150 valence electrons. The van der Waals surface area contributed by atoms with Gasteiger partial charge in [0.05, 0.1) is 7.11 Å². The van der Waals surface area contributed by atoms with E-state index in [1.54, 1.807) is 18.7 Å². The summed E-state index contributed by atoms with van der Waals surface area (Å²) in [4.78, 5) is 26.2. The van der Waals surface area contributed by atoms with E-state index in [2.05, 4.69) is 5.32 Å². The minimum atomic E-state index is -0.0637.